The number of aromatic amines is 1. The highest BCUT2D eigenvalue weighted by Crippen LogP contribution is 2.29. The molecule has 1 N–H and O–H groups in total. The minimum atomic E-state index is -0.127. The largest absolute Gasteiger partial charge is 0.356 e. The summed E-state index contributed by atoms with van der Waals surface area (Å²) in [6, 6.07) is 13.5. The van der Waals surface area contributed by atoms with Gasteiger partial charge in [-0.25, -0.2) is 19.7 Å². The van der Waals surface area contributed by atoms with Crippen LogP contribution in [0.4, 0.5) is 5.82 Å². The Morgan fingerprint density at radius 3 is 2.63 bits per heavy atom. The summed E-state index contributed by atoms with van der Waals surface area (Å²) in [5.74, 6) is 0.628. The molecule has 0 radical (unpaired) electrons. The molecule has 1 fully saturated rings. The van der Waals surface area contributed by atoms with Crippen molar-refractivity contribution in [2.45, 2.75) is 25.8 Å². The summed E-state index contributed by atoms with van der Waals surface area (Å²) in [6.07, 6.45) is 4.72. The van der Waals surface area contributed by atoms with Crippen molar-refractivity contribution in [2.75, 3.05) is 18.0 Å². The SMILES string of the molecule is Cc1c(C(=O)c2cc(N3CCC(n4c(=O)[nH]c5ncccc54)CC3)ncn2)c2ccccc2n1C. The second-order valence-electron chi connectivity index (χ2n) is 9.02. The molecule has 9 heteroatoms. The number of benzene rings is 1. The van der Waals surface area contributed by atoms with E-state index in [2.05, 4.69) is 24.8 Å². The zero-order valence-corrected chi connectivity index (χ0v) is 19.6. The molecule has 1 aromatic carbocycles. The lowest BCUT2D eigenvalue weighted by Crippen LogP contribution is -2.37. The average Bonchev–Trinajstić information content (AvgIpc) is 3.36. The number of imidazole rings is 1. The summed E-state index contributed by atoms with van der Waals surface area (Å²) in [7, 11) is 1.97. The first kappa shape index (κ1) is 21.3. The molecule has 0 amide bonds. The number of nitrogens with one attached hydrogen (secondary N) is 1. The monoisotopic (exact) mass is 467 g/mol. The van der Waals surface area contributed by atoms with Gasteiger partial charge in [0.25, 0.3) is 0 Å². The molecule has 6 rings (SSSR count). The fourth-order valence-electron chi connectivity index (χ4n) is 5.25. The zero-order valence-electron chi connectivity index (χ0n) is 19.6. The van der Waals surface area contributed by atoms with Gasteiger partial charge >= 0.3 is 5.69 Å². The molecular weight excluding hydrogens is 442 g/mol. The third-order valence-corrected chi connectivity index (χ3v) is 7.16. The van der Waals surface area contributed by atoms with Crippen molar-refractivity contribution in [3.8, 4) is 0 Å². The predicted octanol–water partition coefficient (Wildman–Crippen LogP) is 3.39. The highest BCUT2D eigenvalue weighted by molar-refractivity contribution is 6.16. The number of anilines is 1. The summed E-state index contributed by atoms with van der Waals surface area (Å²) in [5, 5.41) is 0.928. The molecule has 1 aliphatic rings. The van der Waals surface area contributed by atoms with Crippen LogP contribution in [-0.2, 0) is 7.05 Å². The van der Waals surface area contributed by atoms with E-state index in [-0.39, 0.29) is 17.5 Å². The molecule has 4 aromatic heterocycles. The molecule has 0 aliphatic carbocycles. The van der Waals surface area contributed by atoms with Crippen LogP contribution in [0.5, 0.6) is 0 Å². The van der Waals surface area contributed by atoms with Gasteiger partial charge in [-0.1, -0.05) is 18.2 Å². The van der Waals surface area contributed by atoms with Gasteiger partial charge in [0.1, 0.15) is 17.8 Å². The van der Waals surface area contributed by atoms with E-state index in [1.165, 1.54) is 6.33 Å². The standard InChI is InChI=1S/C26H25N7O2/c1-16-23(18-6-3-4-7-20(18)31(16)2)24(34)19-14-22(29-15-28-19)32-12-9-17(10-13-32)33-21-8-5-11-27-25(21)30-26(33)35/h3-8,11,14-15,17H,9-10,12-13H2,1-2H3,(H,27,30,35). The van der Waals surface area contributed by atoms with E-state index < -0.39 is 0 Å². The topological polar surface area (TPSA) is 102 Å². The zero-order chi connectivity index (χ0) is 24.1. The fourth-order valence-corrected chi connectivity index (χ4v) is 5.25. The molecule has 5 heterocycles. The van der Waals surface area contributed by atoms with Crippen molar-refractivity contribution in [1.82, 2.24) is 29.1 Å². The highest BCUT2D eigenvalue weighted by atomic mass is 16.1. The molecule has 176 valence electrons. The Bertz CT molecular complexity index is 1640. The summed E-state index contributed by atoms with van der Waals surface area (Å²) < 4.78 is 3.86. The first-order chi connectivity index (χ1) is 17.0. The van der Waals surface area contributed by atoms with Gasteiger partial charge in [0.2, 0.25) is 5.78 Å². The number of carbonyl (C=O) groups is 1. The summed E-state index contributed by atoms with van der Waals surface area (Å²) in [5.41, 5.74) is 4.31. The number of hydrogen-bond acceptors (Lipinski definition) is 6. The molecule has 35 heavy (non-hydrogen) atoms. The van der Waals surface area contributed by atoms with Crippen LogP contribution in [0.15, 0.2) is 59.8 Å². The van der Waals surface area contributed by atoms with Crippen molar-refractivity contribution in [2.24, 2.45) is 7.05 Å². The Balaban J connectivity index is 1.25. The van der Waals surface area contributed by atoms with Gasteiger partial charge < -0.3 is 9.47 Å². The van der Waals surface area contributed by atoms with Crippen molar-refractivity contribution in [3.63, 3.8) is 0 Å². The minimum Gasteiger partial charge on any atom is -0.356 e. The maximum atomic E-state index is 13.5. The number of para-hydroxylation sites is 1. The van der Waals surface area contributed by atoms with Gasteiger partial charge in [0.15, 0.2) is 5.65 Å². The van der Waals surface area contributed by atoms with Gasteiger partial charge in [0.05, 0.1) is 11.1 Å². The minimum absolute atomic E-state index is 0.0815. The molecular formula is C26H25N7O2. The van der Waals surface area contributed by atoms with Crippen LogP contribution >= 0.6 is 0 Å². The van der Waals surface area contributed by atoms with Gasteiger partial charge in [0, 0.05) is 55.0 Å². The number of pyridine rings is 1. The van der Waals surface area contributed by atoms with Crippen molar-refractivity contribution in [1.29, 1.82) is 0 Å². The maximum absolute atomic E-state index is 13.5. The summed E-state index contributed by atoms with van der Waals surface area (Å²) in [4.78, 5) is 44.1. The van der Waals surface area contributed by atoms with Gasteiger partial charge in [-0.2, -0.15) is 0 Å². The van der Waals surface area contributed by atoms with Crippen molar-refractivity contribution in [3.05, 3.63) is 82.4 Å². The number of ketones is 1. The van der Waals surface area contributed by atoms with E-state index in [1.807, 2.05) is 59.5 Å². The third-order valence-electron chi connectivity index (χ3n) is 7.16. The Morgan fingerprint density at radius 1 is 1.03 bits per heavy atom. The fraction of sp³-hybridized carbons (Fsp3) is 0.269. The first-order valence-electron chi connectivity index (χ1n) is 11.7. The van der Waals surface area contributed by atoms with Gasteiger partial charge in [-0.05, 0) is 38.0 Å². The second-order valence-corrected chi connectivity index (χ2v) is 9.02. The van der Waals surface area contributed by atoms with Gasteiger partial charge in [-0.15, -0.1) is 0 Å². The Labute approximate surface area is 201 Å². The lowest BCUT2D eigenvalue weighted by molar-refractivity contribution is 0.103. The quantitative estimate of drug-likeness (QED) is 0.407. The van der Waals surface area contributed by atoms with Crippen molar-refractivity contribution >= 4 is 33.7 Å². The van der Waals surface area contributed by atoms with Crippen LogP contribution in [-0.4, -0.2) is 47.9 Å². The lowest BCUT2D eigenvalue weighted by Gasteiger charge is -2.33. The molecule has 9 nitrogen and oxygen atoms in total. The number of carbonyl (C=O) groups excluding carboxylic acids is 1. The van der Waals surface area contributed by atoms with E-state index in [1.54, 1.807) is 12.3 Å². The van der Waals surface area contributed by atoms with E-state index in [9.17, 15) is 9.59 Å². The number of fused-ring (bicyclic) bond motifs is 2. The molecule has 5 aromatic rings. The summed E-state index contributed by atoms with van der Waals surface area (Å²) >= 11 is 0. The molecule has 0 atom stereocenters. The van der Waals surface area contributed by atoms with Gasteiger partial charge in [-0.3, -0.25) is 14.3 Å². The smallest absolute Gasteiger partial charge is 0.327 e. The van der Waals surface area contributed by atoms with Crippen LogP contribution in [0.2, 0.25) is 0 Å². The number of aryl methyl sites for hydroxylation is 1. The van der Waals surface area contributed by atoms with E-state index in [0.29, 0.717) is 16.9 Å². The van der Waals surface area contributed by atoms with E-state index >= 15 is 0 Å². The second kappa shape index (κ2) is 8.19. The van der Waals surface area contributed by atoms with Crippen molar-refractivity contribution < 1.29 is 4.79 Å². The highest BCUT2D eigenvalue weighted by Gasteiger charge is 2.26. The molecule has 0 unspecified atom stereocenters. The number of rotatable bonds is 4. The molecule has 1 aliphatic heterocycles. The number of H-pyrrole nitrogens is 1. The van der Waals surface area contributed by atoms with Crippen LogP contribution in [0, 0.1) is 6.92 Å². The molecule has 1 saturated heterocycles. The van der Waals surface area contributed by atoms with Crippen LogP contribution in [0.25, 0.3) is 22.1 Å². The predicted molar refractivity (Wildman–Crippen MR) is 134 cm³/mol. The third kappa shape index (κ3) is 3.42. The normalized spacial score (nSPS) is 14.7. The Morgan fingerprint density at radius 2 is 1.80 bits per heavy atom. The first-order valence-corrected chi connectivity index (χ1v) is 11.7. The Kier molecular flexibility index (Phi) is 4.98. The molecule has 0 spiro atoms. The summed E-state index contributed by atoms with van der Waals surface area (Å²) in [6.45, 7) is 3.41. The number of hydrogen-bond donors (Lipinski definition) is 1. The van der Waals surface area contributed by atoms with Crippen LogP contribution in [0.3, 0.4) is 0 Å². The van der Waals surface area contributed by atoms with Crippen LogP contribution < -0.4 is 10.6 Å². The lowest BCUT2D eigenvalue weighted by atomic mass is 10.0. The van der Waals surface area contributed by atoms with E-state index in [0.717, 1.165) is 53.9 Å². The van der Waals surface area contributed by atoms with Crippen LogP contribution in [0.1, 0.15) is 40.6 Å². The Hall–Kier alpha value is -4.27. The molecule has 0 bridgehead atoms. The average molecular weight is 468 g/mol. The van der Waals surface area contributed by atoms with E-state index in [4.69, 9.17) is 0 Å². The number of piperidine rings is 1. The number of aromatic nitrogens is 6. The maximum Gasteiger partial charge on any atom is 0.327 e. The molecule has 0 saturated carbocycles. The number of nitrogens with zero attached hydrogens (tertiary/aromatic N) is 6.